The number of benzene rings is 2. The molecule has 0 atom stereocenters. The average molecular weight is 480 g/mol. The normalized spacial score (nSPS) is 10.8. The molecule has 12 heteroatoms. The molecule has 0 saturated carbocycles. The second kappa shape index (κ2) is 10.4. The summed E-state index contributed by atoms with van der Waals surface area (Å²) in [4.78, 5) is 42.1. The number of fused-ring (bicyclic) bond motifs is 1. The van der Waals surface area contributed by atoms with Gasteiger partial charge in [-0.3, -0.25) is 29.9 Å². The van der Waals surface area contributed by atoms with Gasteiger partial charge in [0.15, 0.2) is 5.13 Å². The molecule has 0 aliphatic rings. The Morgan fingerprint density at radius 1 is 1.03 bits per heavy atom. The highest BCUT2D eigenvalue weighted by atomic mass is 35.5. The van der Waals surface area contributed by atoms with Gasteiger partial charge in [0.05, 0.1) is 31.7 Å². The van der Waals surface area contributed by atoms with Gasteiger partial charge in [-0.25, -0.2) is 4.98 Å². The number of amides is 1. The lowest BCUT2D eigenvalue weighted by atomic mass is 10.1. The number of rotatable bonds is 8. The molecule has 10 nitrogen and oxygen atoms in total. The Morgan fingerprint density at radius 2 is 1.66 bits per heavy atom. The Morgan fingerprint density at radius 3 is 2.19 bits per heavy atom. The van der Waals surface area contributed by atoms with Crippen molar-refractivity contribution in [1.29, 1.82) is 0 Å². The van der Waals surface area contributed by atoms with Crippen molar-refractivity contribution in [2.24, 2.45) is 0 Å². The van der Waals surface area contributed by atoms with Crippen LogP contribution in [0.5, 0.6) is 0 Å². The molecular weight excluding hydrogens is 458 g/mol. The first-order valence-corrected chi connectivity index (χ1v) is 10.3. The van der Waals surface area contributed by atoms with Gasteiger partial charge in [-0.2, -0.15) is 0 Å². The molecule has 0 saturated heterocycles. The molecule has 0 aliphatic heterocycles. The molecule has 32 heavy (non-hydrogen) atoms. The summed E-state index contributed by atoms with van der Waals surface area (Å²) in [5, 5.41) is 22.9. The van der Waals surface area contributed by atoms with Crippen LogP contribution < -0.4 is 4.90 Å². The fraction of sp³-hybridized carbons (Fsp3) is 0.300. The third-order valence-corrected chi connectivity index (χ3v) is 5.71. The maximum absolute atomic E-state index is 13.3. The van der Waals surface area contributed by atoms with Crippen molar-refractivity contribution < 1.29 is 14.6 Å². The van der Waals surface area contributed by atoms with Crippen molar-refractivity contribution in [3.8, 4) is 0 Å². The van der Waals surface area contributed by atoms with Crippen molar-refractivity contribution in [2.75, 3.05) is 32.1 Å². The number of nitro groups is 2. The van der Waals surface area contributed by atoms with Gasteiger partial charge in [0.25, 0.3) is 17.3 Å². The lowest BCUT2D eigenvalue weighted by molar-refractivity contribution is -0.394. The first kappa shape index (κ1) is 25.1. The van der Waals surface area contributed by atoms with E-state index in [-0.39, 0.29) is 24.5 Å². The predicted octanol–water partition coefficient (Wildman–Crippen LogP) is 4.31. The minimum absolute atomic E-state index is 0. The van der Waals surface area contributed by atoms with Gasteiger partial charge in [-0.1, -0.05) is 24.3 Å². The third kappa shape index (κ3) is 5.55. The van der Waals surface area contributed by atoms with E-state index >= 15 is 0 Å². The number of halogens is 1. The monoisotopic (exact) mass is 479 g/mol. The standard InChI is InChI=1S/C20H21N5O5S.ClH/c1-4-13-5-6-17-18(9-13)31-20(21-17)23(8-7-22(2)3)19(26)14-10-15(24(27)28)12-16(11-14)25(29)30;/h5-6,9-12H,4,7-8H2,1-3H3;1H. The van der Waals surface area contributed by atoms with Crippen LogP contribution in [0.4, 0.5) is 16.5 Å². The second-order valence-electron chi connectivity index (χ2n) is 7.16. The number of aromatic nitrogens is 1. The second-order valence-corrected chi connectivity index (χ2v) is 8.17. The average Bonchev–Trinajstić information content (AvgIpc) is 3.15. The molecule has 3 aromatic rings. The number of carbonyl (C=O) groups is 1. The number of anilines is 1. The first-order chi connectivity index (χ1) is 14.7. The summed E-state index contributed by atoms with van der Waals surface area (Å²) in [6.45, 7) is 2.83. The highest BCUT2D eigenvalue weighted by Crippen LogP contribution is 2.32. The van der Waals surface area contributed by atoms with E-state index in [9.17, 15) is 25.0 Å². The van der Waals surface area contributed by atoms with E-state index in [1.54, 1.807) is 0 Å². The van der Waals surface area contributed by atoms with Crippen molar-refractivity contribution in [2.45, 2.75) is 13.3 Å². The van der Waals surface area contributed by atoms with Crippen LogP contribution in [0.3, 0.4) is 0 Å². The SMILES string of the molecule is CCc1ccc2nc(N(CCN(C)C)C(=O)c3cc([N+](=O)[O-])cc([N+](=O)[O-])c3)sc2c1.Cl. The zero-order valence-electron chi connectivity index (χ0n) is 17.7. The number of nitrogens with zero attached hydrogens (tertiary/aromatic N) is 5. The van der Waals surface area contributed by atoms with Crippen LogP contribution in [0.1, 0.15) is 22.8 Å². The van der Waals surface area contributed by atoms with Crippen LogP contribution in [0.25, 0.3) is 10.2 Å². The van der Waals surface area contributed by atoms with Crippen molar-refractivity contribution >= 4 is 56.4 Å². The molecule has 0 aliphatic carbocycles. The lowest BCUT2D eigenvalue weighted by Gasteiger charge is -2.22. The van der Waals surface area contributed by atoms with E-state index in [4.69, 9.17) is 0 Å². The van der Waals surface area contributed by atoms with Crippen LogP contribution in [-0.2, 0) is 6.42 Å². The van der Waals surface area contributed by atoms with E-state index in [0.717, 1.165) is 40.4 Å². The molecule has 1 amide bonds. The van der Waals surface area contributed by atoms with E-state index in [0.29, 0.717) is 11.7 Å². The van der Waals surface area contributed by atoms with Crippen LogP contribution in [0, 0.1) is 20.2 Å². The fourth-order valence-electron chi connectivity index (χ4n) is 2.96. The topological polar surface area (TPSA) is 123 Å². The summed E-state index contributed by atoms with van der Waals surface area (Å²) in [6.07, 6.45) is 0.865. The van der Waals surface area contributed by atoms with Gasteiger partial charge in [0, 0.05) is 25.2 Å². The van der Waals surface area contributed by atoms with Crippen LogP contribution >= 0.6 is 23.7 Å². The minimum Gasteiger partial charge on any atom is -0.308 e. The van der Waals surface area contributed by atoms with Gasteiger partial charge in [0.1, 0.15) is 0 Å². The number of thiazole rings is 1. The quantitative estimate of drug-likeness (QED) is 0.348. The molecule has 0 N–H and O–H groups in total. The van der Waals surface area contributed by atoms with E-state index < -0.39 is 27.1 Å². The molecule has 0 spiro atoms. The summed E-state index contributed by atoms with van der Waals surface area (Å²) in [7, 11) is 3.71. The molecule has 1 heterocycles. The highest BCUT2D eigenvalue weighted by molar-refractivity contribution is 7.22. The van der Waals surface area contributed by atoms with Gasteiger partial charge in [-0.15, -0.1) is 12.4 Å². The molecular formula is C20H22ClN5O5S. The number of nitro benzene ring substituents is 2. The molecule has 0 bridgehead atoms. The summed E-state index contributed by atoms with van der Waals surface area (Å²) in [6, 6.07) is 8.83. The Balaban J connectivity index is 0.00000363. The lowest BCUT2D eigenvalue weighted by Crippen LogP contribution is -2.36. The number of aryl methyl sites for hydroxylation is 1. The van der Waals surface area contributed by atoms with E-state index in [2.05, 4.69) is 4.98 Å². The molecule has 0 radical (unpaired) electrons. The predicted molar refractivity (Wildman–Crippen MR) is 126 cm³/mol. The summed E-state index contributed by atoms with van der Waals surface area (Å²) >= 11 is 1.34. The molecule has 1 aromatic heterocycles. The molecule has 0 unspecified atom stereocenters. The third-order valence-electron chi connectivity index (χ3n) is 4.67. The largest absolute Gasteiger partial charge is 0.308 e. The van der Waals surface area contributed by atoms with Crippen LogP contribution in [0.2, 0.25) is 0 Å². The van der Waals surface area contributed by atoms with Crippen molar-refractivity contribution in [3.63, 3.8) is 0 Å². The molecule has 170 valence electrons. The first-order valence-electron chi connectivity index (χ1n) is 9.49. The highest BCUT2D eigenvalue weighted by Gasteiger charge is 2.26. The Kier molecular flexibility index (Phi) is 8.19. The van der Waals surface area contributed by atoms with Crippen molar-refractivity contribution in [3.05, 3.63) is 67.8 Å². The van der Waals surface area contributed by atoms with Crippen molar-refractivity contribution in [1.82, 2.24) is 9.88 Å². The van der Waals surface area contributed by atoms with Gasteiger partial charge in [0.2, 0.25) is 0 Å². The van der Waals surface area contributed by atoms with E-state index in [1.165, 1.54) is 16.2 Å². The number of carbonyl (C=O) groups excluding carboxylic acids is 1. The number of likely N-dealkylation sites (N-methyl/N-ethyl adjacent to an activating group) is 1. The molecule has 0 fully saturated rings. The zero-order chi connectivity index (χ0) is 22.7. The van der Waals surface area contributed by atoms with Crippen LogP contribution in [0.15, 0.2) is 36.4 Å². The maximum atomic E-state index is 13.3. The zero-order valence-corrected chi connectivity index (χ0v) is 19.3. The smallest absolute Gasteiger partial charge is 0.277 e. The minimum atomic E-state index is -0.752. The number of hydrogen-bond acceptors (Lipinski definition) is 8. The van der Waals surface area contributed by atoms with E-state index in [1.807, 2.05) is 44.1 Å². The number of non-ortho nitro benzene ring substituents is 2. The Labute approximate surface area is 194 Å². The Bertz CT molecular complexity index is 1130. The van der Waals surface area contributed by atoms with Crippen LogP contribution in [-0.4, -0.2) is 52.8 Å². The number of hydrogen-bond donors (Lipinski definition) is 0. The summed E-state index contributed by atoms with van der Waals surface area (Å²) in [5.74, 6) is -0.580. The van der Waals surface area contributed by atoms with Gasteiger partial charge < -0.3 is 4.90 Å². The fourth-order valence-corrected chi connectivity index (χ4v) is 4.02. The summed E-state index contributed by atoms with van der Waals surface area (Å²) in [5.41, 5.74) is 0.727. The maximum Gasteiger partial charge on any atom is 0.277 e. The van der Waals surface area contributed by atoms with Gasteiger partial charge in [-0.05, 0) is 38.2 Å². The molecule has 3 rings (SSSR count). The van der Waals surface area contributed by atoms with Gasteiger partial charge >= 0.3 is 0 Å². The summed E-state index contributed by atoms with van der Waals surface area (Å²) < 4.78 is 0.919. The Hall–Kier alpha value is -3.15. The molecule has 2 aromatic carbocycles.